The number of rotatable bonds is 1. The topological polar surface area (TPSA) is 64.9 Å². The number of nitrogens with zero attached hydrogens (tertiary/aromatic N) is 2. The van der Waals surface area contributed by atoms with Gasteiger partial charge in [0.2, 0.25) is 0 Å². The van der Waals surface area contributed by atoms with Crippen molar-refractivity contribution < 1.29 is 4.52 Å². The van der Waals surface area contributed by atoms with Crippen molar-refractivity contribution >= 4 is 17.3 Å². The number of nitrogen functional groups attached to an aromatic ring is 1. The van der Waals surface area contributed by atoms with Crippen molar-refractivity contribution in [3.8, 4) is 11.5 Å². The summed E-state index contributed by atoms with van der Waals surface area (Å²) in [5.41, 5.74) is 6.82. The molecule has 0 atom stereocenters. The van der Waals surface area contributed by atoms with Crippen LogP contribution in [-0.2, 0) is 0 Å². The number of aromatic nitrogens is 2. The Kier molecular flexibility index (Phi) is 1.90. The molecule has 1 aromatic heterocycles. The summed E-state index contributed by atoms with van der Waals surface area (Å²) in [7, 11) is 0. The Hall–Kier alpha value is -1.55. The molecule has 4 nitrogen and oxygen atoms in total. The lowest BCUT2D eigenvalue weighted by atomic mass is 10.2. The summed E-state index contributed by atoms with van der Waals surface area (Å²) in [6.07, 6.45) is 1.32. The van der Waals surface area contributed by atoms with Crippen molar-refractivity contribution in [2.45, 2.75) is 0 Å². The van der Waals surface area contributed by atoms with E-state index in [-0.39, 0.29) is 0 Å². The Labute approximate surface area is 79.3 Å². The van der Waals surface area contributed by atoms with Gasteiger partial charge in [0, 0.05) is 5.69 Å². The third-order valence-electron chi connectivity index (χ3n) is 1.58. The van der Waals surface area contributed by atoms with Crippen molar-refractivity contribution in [3.63, 3.8) is 0 Å². The molecule has 1 aromatic carbocycles. The van der Waals surface area contributed by atoms with Crippen LogP contribution in [0.1, 0.15) is 0 Å². The van der Waals surface area contributed by atoms with Crippen LogP contribution in [0.3, 0.4) is 0 Å². The summed E-state index contributed by atoms with van der Waals surface area (Å²) in [4.78, 5) is 3.87. The first-order chi connectivity index (χ1) is 6.27. The average molecular weight is 196 g/mol. The van der Waals surface area contributed by atoms with Crippen LogP contribution in [0.5, 0.6) is 0 Å². The Morgan fingerprint density at radius 1 is 1.38 bits per heavy atom. The Balaban J connectivity index is 2.53. The number of anilines is 1. The largest absolute Gasteiger partial charge is 0.399 e. The Morgan fingerprint density at radius 2 is 2.23 bits per heavy atom. The van der Waals surface area contributed by atoms with Crippen LogP contribution < -0.4 is 5.73 Å². The van der Waals surface area contributed by atoms with Gasteiger partial charge in [-0.1, -0.05) is 16.8 Å². The molecule has 0 unspecified atom stereocenters. The molecule has 0 spiro atoms. The predicted molar refractivity (Wildman–Crippen MR) is 49.2 cm³/mol. The van der Waals surface area contributed by atoms with Crippen LogP contribution >= 0.6 is 11.6 Å². The van der Waals surface area contributed by atoms with Gasteiger partial charge in [0.25, 0.3) is 5.89 Å². The van der Waals surface area contributed by atoms with E-state index in [0.717, 1.165) is 0 Å². The molecule has 0 saturated heterocycles. The monoisotopic (exact) mass is 195 g/mol. The third kappa shape index (κ3) is 1.48. The summed E-state index contributed by atoms with van der Waals surface area (Å²) in [6.45, 7) is 0. The molecule has 0 aliphatic rings. The van der Waals surface area contributed by atoms with E-state index in [4.69, 9.17) is 21.9 Å². The van der Waals surface area contributed by atoms with Crippen LogP contribution in [0, 0.1) is 0 Å². The lowest BCUT2D eigenvalue weighted by Crippen LogP contribution is -1.85. The summed E-state index contributed by atoms with van der Waals surface area (Å²) < 4.78 is 4.85. The fourth-order valence-electron chi connectivity index (χ4n) is 0.997. The fourth-order valence-corrected chi connectivity index (χ4v) is 1.27. The lowest BCUT2D eigenvalue weighted by molar-refractivity contribution is 0.430. The van der Waals surface area contributed by atoms with E-state index in [1.54, 1.807) is 18.2 Å². The zero-order valence-corrected chi connectivity index (χ0v) is 7.32. The van der Waals surface area contributed by atoms with Gasteiger partial charge in [-0.25, -0.2) is 0 Å². The first-order valence-electron chi connectivity index (χ1n) is 3.59. The lowest BCUT2D eigenvalue weighted by Gasteiger charge is -1.98. The van der Waals surface area contributed by atoms with Gasteiger partial charge in [-0.15, -0.1) is 0 Å². The third-order valence-corrected chi connectivity index (χ3v) is 1.90. The number of hydrogen-bond acceptors (Lipinski definition) is 4. The summed E-state index contributed by atoms with van der Waals surface area (Å²) in [5, 5.41) is 3.99. The van der Waals surface area contributed by atoms with Gasteiger partial charge in [-0.05, 0) is 18.2 Å². The maximum absolute atomic E-state index is 5.91. The minimum absolute atomic E-state index is 0.394. The molecular formula is C8H6ClN3O. The van der Waals surface area contributed by atoms with Crippen molar-refractivity contribution in [1.82, 2.24) is 10.1 Å². The van der Waals surface area contributed by atoms with Crippen LogP contribution in [0.25, 0.3) is 11.5 Å². The van der Waals surface area contributed by atoms with Gasteiger partial charge >= 0.3 is 0 Å². The van der Waals surface area contributed by atoms with E-state index >= 15 is 0 Å². The maximum atomic E-state index is 5.91. The molecule has 66 valence electrons. The number of nitrogens with two attached hydrogens (primary N) is 1. The molecule has 0 aliphatic heterocycles. The van der Waals surface area contributed by atoms with E-state index in [0.29, 0.717) is 22.2 Å². The fraction of sp³-hybridized carbons (Fsp3) is 0. The molecule has 0 radical (unpaired) electrons. The van der Waals surface area contributed by atoms with Gasteiger partial charge in [0.15, 0.2) is 6.33 Å². The van der Waals surface area contributed by atoms with Gasteiger partial charge in [0.1, 0.15) is 0 Å². The molecule has 2 rings (SSSR count). The van der Waals surface area contributed by atoms with Gasteiger partial charge in [0.05, 0.1) is 10.6 Å². The molecule has 0 aliphatic carbocycles. The van der Waals surface area contributed by atoms with Crippen molar-refractivity contribution in [2.75, 3.05) is 5.73 Å². The summed E-state index contributed by atoms with van der Waals surface area (Å²) >= 11 is 5.91. The van der Waals surface area contributed by atoms with E-state index in [1.807, 2.05) is 0 Å². The second kappa shape index (κ2) is 3.06. The first-order valence-corrected chi connectivity index (χ1v) is 3.97. The molecule has 2 N–H and O–H groups in total. The zero-order valence-electron chi connectivity index (χ0n) is 6.57. The molecule has 2 aromatic rings. The van der Waals surface area contributed by atoms with Gasteiger partial charge in [-0.3, -0.25) is 0 Å². The van der Waals surface area contributed by atoms with E-state index < -0.39 is 0 Å². The zero-order chi connectivity index (χ0) is 9.26. The maximum Gasteiger partial charge on any atom is 0.259 e. The minimum Gasteiger partial charge on any atom is -0.399 e. The highest BCUT2D eigenvalue weighted by Crippen LogP contribution is 2.27. The van der Waals surface area contributed by atoms with E-state index in [1.165, 1.54) is 6.33 Å². The molecule has 5 heteroatoms. The Morgan fingerprint density at radius 3 is 2.85 bits per heavy atom. The van der Waals surface area contributed by atoms with Crippen molar-refractivity contribution in [1.29, 1.82) is 0 Å². The number of benzene rings is 1. The van der Waals surface area contributed by atoms with Crippen LogP contribution in [0.15, 0.2) is 29.0 Å². The second-order valence-corrected chi connectivity index (χ2v) is 2.89. The molecule has 0 bridgehead atoms. The predicted octanol–water partition coefficient (Wildman–Crippen LogP) is 1.97. The molecule has 0 saturated carbocycles. The highest BCUT2D eigenvalue weighted by molar-refractivity contribution is 6.33. The molecule has 1 heterocycles. The minimum atomic E-state index is 0.394. The smallest absolute Gasteiger partial charge is 0.259 e. The number of halogens is 1. The summed E-state index contributed by atoms with van der Waals surface area (Å²) in [5.74, 6) is 0.394. The second-order valence-electron chi connectivity index (χ2n) is 2.49. The quantitative estimate of drug-likeness (QED) is 0.707. The first kappa shape index (κ1) is 8.07. The van der Waals surface area contributed by atoms with Crippen LogP contribution in [0.2, 0.25) is 5.02 Å². The molecule has 0 fully saturated rings. The normalized spacial score (nSPS) is 10.2. The highest BCUT2D eigenvalue weighted by atomic mass is 35.5. The Bertz CT molecular complexity index is 413. The molecular weight excluding hydrogens is 190 g/mol. The standard InChI is InChI=1S/C8H6ClN3O/c9-7-3-5(10)1-2-6(7)8-11-4-12-13-8/h1-4H,10H2. The van der Waals surface area contributed by atoms with Crippen molar-refractivity contribution in [2.24, 2.45) is 0 Å². The van der Waals surface area contributed by atoms with Crippen LogP contribution in [0.4, 0.5) is 5.69 Å². The van der Waals surface area contributed by atoms with Crippen LogP contribution in [-0.4, -0.2) is 10.1 Å². The summed E-state index contributed by atoms with van der Waals surface area (Å²) in [6, 6.07) is 5.11. The van der Waals surface area contributed by atoms with Crippen molar-refractivity contribution in [3.05, 3.63) is 29.5 Å². The van der Waals surface area contributed by atoms with E-state index in [2.05, 4.69) is 10.1 Å². The van der Waals surface area contributed by atoms with E-state index in [9.17, 15) is 0 Å². The molecule has 13 heavy (non-hydrogen) atoms. The van der Waals surface area contributed by atoms with Gasteiger partial charge < -0.3 is 10.3 Å². The molecule has 0 amide bonds. The average Bonchev–Trinajstić information content (AvgIpc) is 2.56. The number of hydrogen-bond donors (Lipinski definition) is 1. The van der Waals surface area contributed by atoms with Gasteiger partial charge in [-0.2, -0.15) is 4.98 Å². The SMILES string of the molecule is Nc1ccc(-c2ncno2)c(Cl)c1. The highest BCUT2D eigenvalue weighted by Gasteiger charge is 2.07.